The predicted molar refractivity (Wildman–Crippen MR) is 52.9 cm³/mol. The summed E-state index contributed by atoms with van der Waals surface area (Å²) < 4.78 is 24.0. The number of thioether (sulfide) groups is 1. The average molecular weight is 223 g/mol. The Morgan fingerprint density at radius 2 is 2.23 bits per heavy atom. The van der Waals surface area contributed by atoms with Gasteiger partial charge < -0.3 is 0 Å². The molecule has 0 radical (unpaired) electrons. The van der Waals surface area contributed by atoms with E-state index in [0.29, 0.717) is 18.1 Å². The van der Waals surface area contributed by atoms with Crippen LogP contribution in [0.3, 0.4) is 0 Å². The molecule has 13 heavy (non-hydrogen) atoms. The van der Waals surface area contributed by atoms with Crippen LogP contribution in [0.15, 0.2) is 0 Å². The third-order valence-electron chi connectivity index (χ3n) is 1.80. The van der Waals surface area contributed by atoms with Gasteiger partial charge in [0.2, 0.25) is 15.9 Å². The highest BCUT2D eigenvalue weighted by atomic mass is 32.2. The van der Waals surface area contributed by atoms with Gasteiger partial charge in [-0.3, -0.25) is 4.79 Å². The number of amides is 1. The first-order chi connectivity index (χ1) is 6.08. The summed E-state index contributed by atoms with van der Waals surface area (Å²) in [6, 6.07) is 0. The van der Waals surface area contributed by atoms with Crippen LogP contribution < -0.4 is 0 Å². The van der Waals surface area contributed by atoms with E-state index in [1.54, 1.807) is 0 Å². The number of nitrogens with zero attached hydrogens (tertiary/aromatic N) is 1. The molecule has 0 aromatic heterocycles. The van der Waals surface area contributed by atoms with Crippen LogP contribution in [0.2, 0.25) is 0 Å². The van der Waals surface area contributed by atoms with Gasteiger partial charge >= 0.3 is 0 Å². The Labute approximate surface area is 82.7 Å². The van der Waals surface area contributed by atoms with Crippen molar-refractivity contribution in [3.63, 3.8) is 0 Å². The van der Waals surface area contributed by atoms with Gasteiger partial charge in [-0.2, -0.15) is 0 Å². The van der Waals surface area contributed by atoms with E-state index in [1.165, 1.54) is 11.8 Å². The van der Waals surface area contributed by atoms with Crippen LogP contribution in [0.25, 0.3) is 0 Å². The lowest BCUT2D eigenvalue weighted by molar-refractivity contribution is -0.122. The van der Waals surface area contributed by atoms with E-state index in [9.17, 15) is 13.2 Å². The van der Waals surface area contributed by atoms with Crippen molar-refractivity contribution in [3.8, 4) is 0 Å². The van der Waals surface area contributed by atoms with Gasteiger partial charge in [0.15, 0.2) is 0 Å². The average Bonchev–Trinajstić information content (AvgIpc) is 2.48. The molecule has 1 heterocycles. The van der Waals surface area contributed by atoms with Crippen LogP contribution in [-0.4, -0.2) is 36.0 Å². The molecule has 1 fully saturated rings. The monoisotopic (exact) mass is 223 g/mol. The maximum atomic E-state index is 11.5. The molecule has 6 heteroatoms. The Kier molecular flexibility index (Phi) is 3.61. The minimum absolute atomic E-state index is 0.0931. The van der Waals surface area contributed by atoms with Crippen molar-refractivity contribution in [3.05, 3.63) is 0 Å². The molecular weight excluding hydrogens is 210 g/mol. The molecule has 1 aliphatic heterocycles. The molecule has 0 aromatic rings. The molecule has 0 N–H and O–H groups in total. The minimum Gasteiger partial charge on any atom is -0.273 e. The molecule has 0 atom stereocenters. The molecule has 0 unspecified atom stereocenters. The lowest BCUT2D eigenvalue weighted by Crippen LogP contribution is -2.34. The third-order valence-corrected chi connectivity index (χ3v) is 4.67. The summed E-state index contributed by atoms with van der Waals surface area (Å²) in [7, 11) is -3.31. The number of sulfonamides is 1. The molecule has 76 valence electrons. The molecule has 1 aliphatic rings. The Hall–Kier alpha value is -0.230. The summed E-state index contributed by atoms with van der Waals surface area (Å²) >= 11 is 1.35. The van der Waals surface area contributed by atoms with Crippen molar-refractivity contribution in [1.82, 2.24) is 4.31 Å². The zero-order valence-corrected chi connectivity index (χ0v) is 9.16. The summed E-state index contributed by atoms with van der Waals surface area (Å²) in [6.07, 6.45) is 1.45. The number of carbonyl (C=O) groups is 1. The van der Waals surface area contributed by atoms with Gasteiger partial charge in [-0.05, 0) is 6.42 Å². The van der Waals surface area contributed by atoms with E-state index in [4.69, 9.17) is 0 Å². The summed E-state index contributed by atoms with van der Waals surface area (Å²) in [5, 5.41) is 0. The molecular formula is C7H13NO3S2. The molecule has 1 amide bonds. The number of unbranched alkanes of at least 4 members (excludes halogenated alkanes) is 1. The van der Waals surface area contributed by atoms with Gasteiger partial charge in [0, 0.05) is 0 Å². The standard InChI is InChI=1S/C7H13NO3S2/c1-2-3-4-13(10,11)8-6-12-5-7(8)9/h2-6H2,1H3. The zero-order chi connectivity index (χ0) is 9.90. The Morgan fingerprint density at radius 1 is 1.54 bits per heavy atom. The van der Waals surface area contributed by atoms with Gasteiger partial charge in [0.25, 0.3) is 0 Å². The first kappa shape index (κ1) is 10.8. The summed E-state index contributed by atoms with van der Waals surface area (Å²) in [5.74, 6) is 0.410. The second-order valence-electron chi connectivity index (χ2n) is 2.89. The molecule has 0 spiro atoms. The second-order valence-corrected chi connectivity index (χ2v) is 5.86. The number of carbonyl (C=O) groups excluding carboxylic acids is 1. The largest absolute Gasteiger partial charge is 0.273 e. The van der Waals surface area contributed by atoms with E-state index < -0.39 is 10.0 Å². The van der Waals surface area contributed by atoms with Gasteiger partial charge in [0.1, 0.15) is 0 Å². The highest BCUT2D eigenvalue weighted by molar-refractivity contribution is 8.01. The Morgan fingerprint density at radius 3 is 2.69 bits per heavy atom. The van der Waals surface area contributed by atoms with Crippen molar-refractivity contribution in [2.75, 3.05) is 17.4 Å². The SMILES string of the molecule is CCCCS(=O)(=O)N1CSCC1=O. The van der Waals surface area contributed by atoms with Gasteiger partial charge in [-0.15, -0.1) is 11.8 Å². The van der Waals surface area contributed by atoms with Crippen LogP contribution >= 0.6 is 11.8 Å². The van der Waals surface area contributed by atoms with Crippen molar-refractivity contribution in [2.45, 2.75) is 19.8 Å². The lowest BCUT2D eigenvalue weighted by Gasteiger charge is -2.14. The van der Waals surface area contributed by atoms with Gasteiger partial charge in [0.05, 0.1) is 17.4 Å². The highest BCUT2D eigenvalue weighted by Crippen LogP contribution is 2.19. The Bertz CT molecular complexity index is 286. The molecule has 1 rings (SSSR count). The fraction of sp³-hybridized carbons (Fsp3) is 0.857. The van der Waals surface area contributed by atoms with E-state index in [0.717, 1.165) is 10.7 Å². The molecule has 4 nitrogen and oxygen atoms in total. The summed E-state index contributed by atoms with van der Waals surface area (Å²) in [4.78, 5) is 11.1. The first-order valence-corrected chi connectivity index (χ1v) is 6.95. The van der Waals surface area contributed by atoms with E-state index in [1.807, 2.05) is 6.92 Å². The fourth-order valence-electron chi connectivity index (χ4n) is 1.03. The van der Waals surface area contributed by atoms with Crippen molar-refractivity contribution >= 4 is 27.7 Å². The number of hydrogen-bond donors (Lipinski definition) is 0. The van der Waals surface area contributed by atoms with Crippen molar-refractivity contribution in [2.24, 2.45) is 0 Å². The predicted octanol–water partition coefficient (Wildman–Crippen LogP) is 0.649. The van der Waals surface area contributed by atoms with E-state index >= 15 is 0 Å². The Balaban J connectivity index is 2.63. The number of rotatable bonds is 4. The molecule has 0 bridgehead atoms. The summed E-state index contributed by atoms with van der Waals surface area (Å²) in [5.41, 5.74) is 0. The van der Waals surface area contributed by atoms with Crippen LogP contribution in [0, 0.1) is 0 Å². The quantitative estimate of drug-likeness (QED) is 0.702. The first-order valence-electron chi connectivity index (χ1n) is 4.19. The van der Waals surface area contributed by atoms with Gasteiger partial charge in [-0.25, -0.2) is 12.7 Å². The third kappa shape index (κ3) is 2.60. The van der Waals surface area contributed by atoms with Crippen LogP contribution in [-0.2, 0) is 14.8 Å². The maximum Gasteiger partial charge on any atom is 0.246 e. The van der Waals surface area contributed by atoms with Gasteiger partial charge in [-0.1, -0.05) is 13.3 Å². The van der Waals surface area contributed by atoms with Crippen LogP contribution in [0.1, 0.15) is 19.8 Å². The molecule has 1 saturated heterocycles. The second kappa shape index (κ2) is 4.32. The van der Waals surface area contributed by atoms with Crippen LogP contribution in [0.5, 0.6) is 0 Å². The van der Waals surface area contributed by atoms with Crippen molar-refractivity contribution in [1.29, 1.82) is 0 Å². The maximum absolute atomic E-state index is 11.5. The minimum atomic E-state index is -3.31. The smallest absolute Gasteiger partial charge is 0.246 e. The highest BCUT2D eigenvalue weighted by Gasteiger charge is 2.31. The molecule has 0 aliphatic carbocycles. The molecule has 0 aromatic carbocycles. The normalized spacial score (nSPS) is 18.2. The topological polar surface area (TPSA) is 54.5 Å². The van der Waals surface area contributed by atoms with E-state index in [-0.39, 0.29) is 11.7 Å². The van der Waals surface area contributed by atoms with Crippen molar-refractivity contribution < 1.29 is 13.2 Å². The lowest BCUT2D eigenvalue weighted by atomic mass is 10.4. The fourth-order valence-corrected chi connectivity index (χ4v) is 3.96. The van der Waals surface area contributed by atoms with E-state index in [2.05, 4.69) is 0 Å². The summed E-state index contributed by atoms with van der Waals surface area (Å²) in [6.45, 7) is 1.93. The number of hydrogen-bond acceptors (Lipinski definition) is 4. The van der Waals surface area contributed by atoms with Crippen LogP contribution in [0.4, 0.5) is 0 Å². The molecule has 0 saturated carbocycles. The zero-order valence-electron chi connectivity index (χ0n) is 7.52.